The number of aromatic nitrogens is 17. The number of ketones is 3. The summed E-state index contributed by atoms with van der Waals surface area (Å²) < 4.78 is 171. The summed E-state index contributed by atoms with van der Waals surface area (Å²) >= 11 is 0. The Bertz CT molecular complexity index is 4470. The molecule has 116 heavy (non-hydrogen) atoms. The fourth-order valence-corrected chi connectivity index (χ4v) is 8.38. The molecule has 61 heteroatoms. The molecule has 0 aromatic carbocycles. The fraction of sp³-hybridized carbons (Fsp3) is 0.527. The van der Waals surface area contributed by atoms with Crippen LogP contribution in [0, 0.1) is 70.8 Å². The molecule has 0 bridgehead atoms. The van der Waals surface area contributed by atoms with Gasteiger partial charge >= 0.3 is 59.0 Å². The van der Waals surface area contributed by atoms with E-state index in [2.05, 4.69) is 45.2 Å². The van der Waals surface area contributed by atoms with Crippen molar-refractivity contribution >= 4 is 58.1 Å². The van der Waals surface area contributed by atoms with Crippen LogP contribution in [0.25, 0.3) is 0 Å². The Morgan fingerprint density at radius 3 is 1.21 bits per heavy atom. The molecule has 8 aromatic rings. The van der Waals surface area contributed by atoms with Gasteiger partial charge < -0.3 is 134 Å². The number of imidazole rings is 7. The number of aliphatic hydroxyl groups excluding tert-OH is 6. The molecule has 0 radical (unpaired) electrons. The number of nitro groups is 7. The van der Waals surface area contributed by atoms with Gasteiger partial charge in [-0.25, -0.2) is 22.2 Å². The van der Waals surface area contributed by atoms with Crippen molar-refractivity contribution in [2.75, 3.05) is 40.0 Å². The van der Waals surface area contributed by atoms with Crippen LogP contribution in [0.4, 0.5) is 97.8 Å². The van der Waals surface area contributed by atoms with Gasteiger partial charge in [0, 0.05) is 25.7 Å². The van der Waals surface area contributed by atoms with Crippen LogP contribution in [0.15, 0.2) is 93.9 Å². The minimum Gasteiger partial charge on any atom is -0.394 e. The third kappa shape index (κ3) is 33.5. The second-order valence-electron chi connectivity index (χ2n) is 23.2. The normalized spacial score (nSPS) is 15.4. The number of hydrogen-bond acceptors (Lipinski definition) is 33. The van der Waals surface area contributed by atoms with Crippen LogP contribution in [-0.2, 0) is 58.4 Å². The summed E-state index contributed by atoms with van der Waals surface area (Å²) in [6, 6.07) is -0.765. The number of hydrogen-bond donors (Lipinski definition) is 6. The SMILES string of the molecule is O=C(CCC(F)(F)C(F)(F)[18F])Cn1cnc([N+](=O)[O-])c1.O=C(CCC(F)(F)[18F])Cn1cnc([N+](=O)[O-])c1.O=C(CCC[18F])Cn1cnc([N+](=O)[O-])c1.O=[N+]([O-])c1cn(C2OC(C[18F])C(O)C2O)cn1.O=[N+]([O-])c1cn(CC(O)C(O)C[18F])cn1.O=[N+]([O-])c1cn(CC(O)C[18F])cn1.O=[N+]([O-])c1cn(Cc2cn(C(CO)C[18F])nn2)cn1. The van der Waals surface area contributed by atoms with Gasteiger partial charge in [0.2, 0.25) is 44.3 Å². The summed E-state index contributed by atoms with van der Waals surface area (Å²) in [5, 5.41) is 135. The highest BCUT2D eigenvalue weighted by atomic mass is 19.3. The highest BCUT2D eigenvalue weighted by Crippen LogP contribution is 2.39. The van der Waals surface area contributed by atoms with E-state index in [0.717, 1.165) is 70.0 Å². The molecule has 6 N–H and O–H groups in total. The van der Waals surface area contributed by atoms with Crippen LogP contribution in [-0.4, -0.2) is 259 Å². The van der Waals surface area contributed by atoms with E-state index in [4.69, 9.17) is 20.1 Å². The molecular formula is C55H65F13N24O24. The fourth-order valence-electron chi connectivity index (χ4n) is 8.38. The van der Waals surface area contributed by atoms with Crippen molar-refractivity contribution in [3.05, 3.63) is 170 Å². The largest absolute Gasteiger partial charge is 0.453 e. The van der Waals surface area contributed by atoms with E-state index in [0.29, 0.717) is 5.69 Å². The maximum absolute atomic E-state index is 12.6. The molecule has 0 aliphatic carbocycles. The number of Topliss-reactive ketones (excluding diaryl/α,β-unsaturated/α-hetero) is 3. The van der Waals surface area contributed by atoms with E-state index in [-0.39, 0.29) is 81.2 Å². The molecule has 0 saturated carbocycles. The van der Waals surface area contributed by atoms with E-state index in [1.54, 1.807) is 0 Å². The predicted octanol–water partition coefficient (Wildman–Crippen LogP) is 4.07. The van der Waals surface area contributed by atoms with Crippen molar-refractivity contribution in [3.63, 3.8) is 0 Å². The average Bonchev–Trinajstić information content (AvgIpc) is 1.27. The Morgan fingerprint density at radius 2 is 0.853 bits per heavy atom. The maximum Gasteiger partial charge on any atom is 0.453 e. The van der Waals surface area contributed by atoms with Crippen LogP contribution >= 0.6 is 0 Å². The van der Waals surface area contributed by atoms with Gasteiger partial charge in [-0.1, -0.05) is 5.21 Å². The number of aliphatic hydroxyl groups is 6. The minimum atomic E-state index is -5.71. The van der Waals surface area contributed by atoms with E-state index < -0.39 is 196 Å². The first-order chi connectivity index (χ1) is 54.3. The molecule has 1 aliphatic heterocycles. The maximum atomic E-state index is 12.6. The van der Waals surface area contributed by atoms with Crippen molar-refractivity contribution in [1.82, 2.24) is 81.9 Å². The van der Waals surface area contributed by atoms with Crippen LogP contribution in [0.2, 0.25) is 0 Å². The van der Waals surface area contributed by atoms with Crippen LogP contribution in [0.1, 0.15) is 56.5 Å². The lowest BCUT2D eigenvalue weighted by molar-refractivity contribution is -0.389. The van der Waals surface area contributed by atoms with Crippen molar-refractivity contribution in [2.45, 2.75) is 145 Å². The first-order valence-corrected chi connectivity index (χ1v) is 31.9. The standard InChI is InChI=1S/C9H8F5N3O3.C9H11FN6O3.C8H8F3N3O3.C8H10FN3O5.C8H10FN3O3.C7H10FN3O4.C6H8FN3O3/c10-8(11,9(12,13)14)2-1-6(18)3-16-4-7(15-5-16)17(19)20;10-1-8(5-17)15-3-7(12-13-15)2-14-4-9(11-6-14)16(18)19;9-8(10,11)2-1-6(15)3-13-4-7(12-5-13)14(16)17;9-1-4-6(13)7(14)8(17-4)11-2-5(10-3-11)12(15)16;9-3-1-2-7(13)4-11-5-8(10-6-11)12(14)15;8-1-5(12)6(13)2-10-3-7(9-4-10)11(14)15;7-1-5(11)2-9-3-6(8-4-9)10(12)13/h4-5H,1-3H2;3-4,6,8,17H,1-2,5H2;4-5H,1-3H2;2-4,6-8,13-14H,1H2;5-6H,1-4H2;3-6,12-13H,1-2H2;3-5,11H,1-2H2/i12-1;10-1;3*9-1;8-1;7-1. The molecule has 1 saturated heterocycles. The lowest BCUT2D eigenvalue weighted by Crippen LogP contribution is -2.36. The number of alkyl halides is 13. The van der Waals surface area contributed by atoms with Gasteiger partial charge in [-0.15, -0.1) is 5.10 Å². The number of carbonyl (C=O) groups excluding carboxylic acids is 3. The highest BCUT2D eigenvalue weighted by molar-refractivity contribution is 5.79. The van der Waals surface area contributed by atoms with Gasteiger partial charge in [-0.2, -0.15) is 35.1 Å². The van der Waals surface area contributed by atoms with Crippen LogP contribution in [0.3, 0.4) is 0 Å². The zero-order valence-electron chi connectivity index (χ0n) is 58.7. The van der Waals surface area contributed by atoms with Gasteiger partial charge in [-0.05, 0) is 75.8 Å². The third-order valence-electron chi connectivity index (χ3n) is 14.1. The topological polar surface area (TPSA) is 639 Å². The van der Waals surface area contributed by atoms with Gasteiger partial charge in [0.05, 0.1) is 65.2 Å². The minimum absolute atomic E-state index is 0.000833. The quantitative estimate of drug-likeness (QED) is 0.0185. The Morgan fingerprint density at radius 1 is 0.474 bits per heavy atom. The molecule has 8 atom stereocenters. The van der Waals surface area contributed by atoms with Gasteiger partial charge in [-0.3, -0.25) is 23.3 Å². The van der Waals surface area contributed by atoms with E-state index in [1.807, 2.05) is 0 Å². The summed E-state index contributed by atoms with van der Waals surface area (Å²) in [6.07, 6.45) is -6.25. The van der Waals surface area contributed by atoms with Crippen LogP contribution < -0.4 is 0 Å². The molecule has 0 amide bonds. The van der Waals surface area contributed by atoms with E-state index >= 15 is 0 Å². The van der Waals surface area contributed by atoms with Crippen LogP contribution in [0.5, 0.6) is 0 Å². The number of carbonyl (C=O) groups is 3. The van der Waals surface area contributed by atoms with Crippen molar-refractivity contribution < 1.29 is 141 Å². The average molecular weight is 1690 g/mol. The molecule has 1 fully saturated rings. The van der Waals surface area contributed by atoms with Crippen molar-refractivity contribution in [1.29, 1.82) is 0 Å². The summed E-state index contributed by atoms with van der Waals surface area (Å²) in [4.78, 5) is 125. The Balaban J connectivity index is 0.000000351. The summed E-state index contributed by atoms with van der Waals surface area (Å²) in [5.74, 6) is -9.34. The zero-order chi connectivity index (χ0) is 87.5. The lowest BCUT2D eigenvalue weighted by Gasteiger charge is -2.18. The summed E-state index contributed by atoms with van der Waals surface area (Å²) in [7, 11) is 0. The molecule has 1 aliphatic rings. The molecule has 640 valence electrons. The lowest BCUT2D eigenvalue weighted by atomic mass is 10.1. The molecule has 9 heterocycles. The third-order valence-corrected chi connectivity index (χ3v) is 14.1. The molecule has 0 spiro atoms. The smallest absolute Gasteiger partial charge is 0.394 e. The molecular weight excluding hydrogens is 1620 g/mol. The molecule has 9 rings (SSSR count). The molecule has 8 aromatic heterocycles. The second kappa shape index (κ2) is 46.4. The number of ether oxygens (including phenoxy) is 1. The van der Waals surface area contributed by atoms with Crippen molar-refractivity contribution in [2.24, 2.45) is 0 Å². The van der Waals surface area contributed by atoms with Gasteiger partial charge in [0.25, 0.3) is 0 Å². The number of halogens is 13. The summed E-state index contributed by atoms with van der Waals surface area (Å²) in [6.45, 7) is -5.43. The monoisotopic (exact) mass is 1690 g/mol. The predicted molar refractivity (Wildman–Crippen MR) is 351 cm³/mol. The zero-order valence-corrected chi connectivity index (χ0v) is 58.7. The van der Waals surface area contributed by atoms with Gasteiger partial charge in [0.1, 0.15) is 118 Å². The van der Waals surface area contributed by atoms with Crippen molar-refractivity contribution in [3.8, 4) is 0 Å². The second-order valence-corrected chi connectivity index (χ2v) is 23.2. The first kappa shape index (κ1) is 97.4. The Labute approximate surface area is 635 Å². The number of rotatable bonds is 35. The highest BCUT2D eigenvalue weighted by Gasteiger charge is 2.57. The number of nitrogens with zero attached hydrogens (tertiary/aromatic N) is 24. The molecule has 48 nitrogen and oxygen atoms in total. The Hall–Kier alpha value is -12.8. The van der Waals surface area contributed by atoms with E-state index in [1.165, 1.54) is 60.5 Å². The first-order valence-electron chi connectivity index (χ1n) is 31.9. The van der Waals surface area contributed by atoms with E-state index in [9.17, 15) is 158 Å². The molecule has 8 unspecified atom stereocenters. The summed E-state index contributed by atoms with van der Waals surface area (Å²) in [5.41, 5.74) is 0.485. The Kier molecular flexibility index (Phi) is 39.0. The van der Waals surface area contributed by atoms with Gasteiger partial charge in [0.15, 0.2) is 23.6 Å².